The number of esters is 2. The van der Waals surface area contributed by atoms with Crippen LogP contribution < -0.4 is 5.32 Å². The molecule has 1 amide bonds. The minimum Gasteiger partial charge on any atom is -0.465 e. The molecule has 0 spiro atoms. The molecule has 0 radical (unpaired) electrons. The van der Waals surface area contributed by atoms with E-state index in [-0.39, 0.29) is 13.2 Å². The van der Waals surface area contributed by atoms with Gasteiger partial charge in [-0.15, -0.1) is 0 Å². The van der Waals surface area contributed by atoms with Gasteiger partial charge in [-0.05, 0) is 30.5 Å². The highest BCUT2D eigenvalue weighted by molar-refractivity contribution is 5.89. The van der Waals surface area contributed by atoms with Crippen molar-refractivity contribution < 1.29 is 28.6 Å². The molecule has 1 aromatic rings. The Morgan fingerprint density at radius 3 is 2.61 bits per heavy atom. The van der Waals surface area contributed by atoms with Gasteiger partial charge in [0.05, 0.1) is 12.7 Å². The van der Waals surface area contributed by atoms with Gasteiger partial charge in [0.15, 0.2) is 12.7 Å². The van der Waals surface area contributed by atoms with E-state index in [0.29, 0.717) is 18.6 Å². The van der Waals surface area contributed by atoms with Gasteiger partial charge < -0.3 is 19.5 Å². The van der Waals surface area contributed by atoms with Crippen LogP contribution >= 0.6 is 0 Å². The first-order chi connectivity index (χ1) is 11.1. The Labute approximate surface area is 133 Å². The van der Waals surface area contributed by atoms with Crippen LogP contribution in [-0.4, -0.2) is 44.3 Å². The predicted molar refractivity (Wildman–Crippen MR) is 79.6 cm³/mol. The first-order valence-corrected chi connectivity index (χ1v) is 7.32. The molecule has 7 nitrogen and oxygen atoms in total. The Kier molecular flexibility index (Phi) is 6.10. The van der Waals surface area contributed by atoms with Crippen molar-refractivity contribution in [3.8, 4) is 0 Å². The number of hydrogen-bond donors (Lipinski definition) is 1. The molecule has 0 saturated carbocycles. The number of rotatable bonds is 6. The second-order valence-corrected chi connectivity index (χ2v) is 5.07. The molecule has 1 aliphatic rings. The van der Waals surface area contributed by atoms with Crippen LogP contribution in [0.1, 0.15) is 28.8 Å². The van der Waals surface area contributed by atoms with E-state index in [4.69, 9.17) is 9.47 Å². The molecule has 124 valence electrons. The molecule has 0 bridgehead atoms. The first-order valence-electron chi connectivity index (χ1n) is 7.32. The van der Waals surface area contributed by atoms with E-state index in [9.17, 15) is 14.4 Å². The summed E-state index contributed by atoms with van der Waals surface area (Å²) in [6.45, 7) is 0.490. The van der Waals surface area contributed by atoms with Crippen molar-refractivity contribution in [1.82, 2.24) is 5.32 Å². The Morgan fingerprint density at radius 2 is 2.00 bits per heavy atom. The van der Waals surface area contributed by atoms with Crippen molar-refractivity contribution in [2.24, 2.45) is 0 Å². The molecular weight excluding hydrogens is 302 g/mol. The molecule has 1 saturated heterocycles. The lowest BCUT2D eigenvalue weighted by molar-refractivity contribution is -0.157. The quantitative estimate of drug-likeness (QED) is 0.780. The van der Waals surface area contributed by atoms with Gasteiger partial charge in [0.25, 0.3) is 5.91 Å². The van der Waals surface area contributed by atoms with Gasteiger partial charge in [0.1, 0.15) is 0 Å². The third-order valence-electron chi connectivity index (χ3n) is 3.40. The molecule has 0 aromatic heterocycles. The first kappa shape index (κ1) is 17.0. The number of nitrogens with one attached hydrogen (secondary N) is 1. The second kappa shape index (κ2) is 8.28. The predicted octanol–water partition coefficient (Wildman–Crippen LogP) is 0.812. The van der Waals surface area contributed by atoms with E-state index in [1.165, 1.54) is 7.11 Å². The lowest BCUT2D eigenvalue weighted by Crippen LogP contribution is -2.31. The fraction of sp³-hybridized carbons (Fsp3) is 0.438. The monoisotopic (exact) mass is 321 g/mol. The SMILES string of the molecule is COC(=O)c1ccc(CNC(=O)COC(=O)[C@H]2CCCO2)cc1. The number of carbonyl (C=O) groups excluding carboxylic acids is 3. The molecule has 1 fully saturated rings. The summed E-state index contributed by atoms with van der Waals surface area (Å²) in [5.74, 6) is -1.31. The molecule has 1 N–H and O–H groups in total. The maximum Gasteiger partial charge on any atom is 0.337 e. The van der Waals surface area contributed by atoms with E-state index >= 15 is 0 Å². The summed E-state index contributed by atoms with van der Waals surface area (Å²) in [6, 6.07) is 6.66. The van der Waals surface area contributed by atoms with Gasteiger partial charge in [-0.25, -0.2) is 9.59 Å². The van der Waals surface area contributed by atoms with Gasteiger partial charge in [-0.3, -0.25) is 4.79 Å². The zero-order valence-electron chi connectivity index (χ0n) is 12.9. The highest BCUT2D eigenvalue weighted by atomic mass is 16.6. The standard InChI is InChI=1S/C16H19NO6/c1-21-15(19)12-6-4-11(5-7-12)9-17-14(18)10-23-16(20)13-3-2-8-22-13/h4-7,13H,2-3,8-10H2,1H3,(H,17,18)/t13-/m1/s1. The largest absolute Gasteiger partial charge is 0.465 e. The number of methoxy groups -OCH3 is 1. The molecule has 0 unspecified atom stereocenters. The number of benzene rings is 1. The van der Waals surface area contributed by atoms with Crippen LogP contribution in [-0.2, 0) is 30.3 Å². The lowest BCUT2D eigenvalue weighted by atomic mass is 10.1. The Morgan fingerprint density at radius 1 is 1.26 bits per heavy atom. The summed E-state index contributed by atoms with van der Waals surface area (Å²) in [7, 11) is 1.31. The number of amides is 1. The summed E-state index contributed by atoms with van der Waals surface area (Å²) < 4.78 is 14.7. The third-order valence-corrected chi connectivity index (χ3v) is 3.40. The van der Waals surface area contributed by atoms with Crippen molar-refractivity contribution in [2.45, 2.75) is 25.5 Å². The van der Waals surface area contributed by atoms with Crippen molar-refractivity contribution in [2.75, 3.05) is 20.3 Å². The average molecular weight is 321 g/mol. The topological polar surface area (TPSA) is 90.9 Å². The van der Waals surface area contributed by atoms with E-state index in [1.807, 2.05) is 0 Å². The molecule has 23 heavy (non-hydrogen) atoms. The maximum atomic E-state index is 11.7. The van der Waals surface area contributed by atoms with Gasteiger partial charge in [-0.2, -0.15) is 0 Å². The number of ether oxygens (including phenoxy) is 3. The molecule has 2 rings (SSSR count). The van der Waals surface area contributed by atoms with E-state index in [1.54, 1.807) is 24.3 Å². The van der Waals surface area contributed by atoms with Crippen LogP contribution in [0.5, 0.6) is 0 Å². The van der Waals surface area contributed by atoms with Gasteiger partial charge in [-0.1, -0.05) is 12.1 Å². The van der Waals surface area contributed by atoms with Gasteiger partial charge in [0, 0.05) is 13.2 Å². The normalized spacial score (nSPS) is 16.7. The summed E-state index contributed by atoms with van der Waals surface area (Å²) >= 11 is 0. The van der Waals surface area contributed by atoms with Crippen LogP contribution in [0.15, 0.2) is 24.3 Å². The lowest BCUT2D eigenvalue weighted by Gasteiger charge is -2.10. The number of hydrogen-bond acceptors (Lipinski definition) is 6. The van der Waals surface area contributed by atoms with Crippen molar-refractivity contribution in [3.63, 3.8) is 0 Å². The minimum absolute atomic E-state index is 0.276. The van der Waals surface area contributed by atoms with Crippen molar-refractivity contribution in [3.05, 3.63) is 35.4 Å². The van der Waals surface area contributed by atoms with E-state index < -0.39 is 23.9 Å². The fourth-order valence-corrected chi connectivity index (χ4v) is 2.12. The van der Waals surface area contributed by atoms with Crippen LogP contribution in [0.4, 0.5) is 0 Å². The third kappa shape index (κ3) is 5.07. The summed E-state index contributed by atoms with van der Waals surface area (Å²) in [5, 5.41) is 2.63. The fourth-order valence-electron chi connectivity index (χ4n) is 2.12. The molecule has 0 aliphatic carbocycles. The maximum absolute atomic E-state index is 11.7. The Hall–Kier alpha value is -2.41. The molecule has 1 atom stereocenters. The van der Waals surface area contributed by atoms with Crippen molar-refractivity contribution in [1.29, 1.82) is 0 Å². The highest BCUT2D eigenvalue weighted by Gasteiger charge is 2.25. The summed E-state index contributed by atoms with van der Waals surface area (Å²) in [5.41, 5.74) is 1.25. The Balaban J connectivity index is 1.71. The molecular formula is C16H19NO6. The minimum atomic E-state index is -0.548. The van der Waals surface area contributed by atoms with E-state index in [2.05, 4.69) is 10.1 Å². The molecule has 7 heteroatoms. The zero-order valence-corrected chi connectivity index (χ0v) is 12.9. The van der Waals surface area contributed by atoms with Crippen LogP contribution in [0.3, 0.4) is 0 Å². The molecule has 1 heterocycles. The zero-order chi connectivity index (χ0) is 16.7. The van der Waals surface area contributed by atoms with Crippen LogP contribution in [0, 0.1) is 0 Å². The van der Waals surface area contributed by atoms with Crippen LogP contribution in [0.2, 0.25) is 0 Å². The second-order valence-electron chi connectivity index (χ2n) is 5.07. The summed E-state index contributed by atoms with van der Waals surface area (Å²) in [4.78, 5) is 34.5. The summed E-state index contributed by atoms with van der Waals surface area (Å²) in [6.07, 6.45) is 0.911. The Bertz CT molecular complexity index is 562. The van der Waals surface area contributed by atoms with Gasteiger partial charge in [0.2, 0.25) is 0 Å². The number of carbonyl (C=O) groups is 3. The van der Waals surface area contributed by atoms with Crippen molar-refractivity contribution >= 4 is 17.8 Å². The smallest absolute Gasteiger partial charge is 0.337 e. The van der Waals surface area contributed by atoms with Gasteiger partial charge >= 0.3 is 11.9 Å². The van der Waals surface area contributed by atoms with Crippen LogP contribution in [0.25, 0.3) is 0 Å². The highest BCUT2D eigenvalue weighted by Crippen LogP contribution is 2.13. The van der Waals surface area contributed by atoms with E-state index in [0.717, 1.165) is 12.0 Å². The average Bonchev–Trinajstić information content (AvgIpc) is 3.12. The molecule has 1 aromatic carbocycles. The molecule has 1 aliphatic heterocycles.